The topological polar surface area (TPSA) is 55.1 Å². The van der Waals surface area contributed by atoms with E-state index in [-0.39, 0.29) is 5.78 Å². The molecule has 0 amide bonds. The Bertz CT molecular complexity index is 591. The van der Waals surface area contributed by atoms with Crippen LogP contribution in [0.1, 0.15) is 22.8 Å². The lowest BCUT2D eigenvalue weighted by molar-refractivity contribution is 0.101. The van der Waals surface area contributed by atoms with Crippen molar-refractivity contribution in [3.05, 3.63) is 53.6 Å². The van der Waals surface area contributed by atoms with Crippen molar-refractivity contribution in [2.45, 2.75) is 13.8 Å². The fourth-order valence-electron chi connectivity index (χ4n) is 1.77. The highest BCUT2D eigenvalue weighted by Crippen LogP contribution is 2.24. The van der Waals surface area contributed by atoms with E-state index in [0.29, 0.717) is 11.3 Å². The van der Waals surface area contributed by atoms with E-state index in [1.165, 1.54) is 12.5 Å². The normalized spacial score (nSPS) is 10.1. The van der Waals surface area contributed by atoms with E-state index in [9.17, 15) is 4.79 Å². The Morgan fingerprint density at radius 3 is 2.56 bits per heavy atom. The smallest absolute Gasteiger partial charge is 0.159 e. The molecule has 3 nitrogen and oxygen atoms in total. The molecule has 0 unspecified atom stereocenters. The molecule has 0 atom stereocenters. The van der Waals surface area contributed by atoms with Crippen molar-refractivity contribution in [1.82, 2.24) is 0 Å². The Balaban J connectivity index is 2.27. The molecule has 0 spiro atoms. The van der Waals surface area contributed by atoms with Crippen molar-refractivity contribution in [2.75, 3.05) is 11.1 Å². The Kier molecular flexibility index (Phi) is 3.33. The first-order valence-corrected chi connectivity index (χ1v) is 5.80. The molecule has 3 heteroatoms. The van der Waals surface area contributed by atoms with Crippen LogP contribution in [0.15, 0.2) is 42.5 Å². The van der Waals surface area contributed by atoms with Gasteiger partial charge in [-0.3, -0.25) is 4.79 Å². The summed E-state index contributed by atoms with van der Waals surface area (Å²) in [6.07, 6.45) is 0. The highest BCUT2D eigenvalue weighted by Gasteiger charge is 2.04. The van der Waals surface area contributed by atoms with Crippen LogP contribution in [0, 0.1) is 6.92 Å². The second-order valence-electron chi connectivity index (χ2n) is 4.35. The van der Waals surface area contributed by atoms with Crippen LogP contribution < -0.4 is 11.1 Å². The highest BCUT2D eigenvalue weighted by atomic mass is 16.1. The third-order valence-corrected chi connectivity index (χ3v) is 2.76. The second kappa shape index (κ2) is 4.92. The van der Waals surface area contributed by atoms with Crippen LogP contribution in [0.3, 0.4) is 0 Å². The number of aryl methyl sites for hydroxylation is 1. The summed E-state index contributed by atoms with van der Waals surface area (Å²) in [6.45, 7) is 3.57. The molecule has 2 aromatic carbocycles. The van der Waals surface area contributed by atoms with E-state index in [2.05, 4.69) is 5.32 Å². The number of hydrogen-bond acceptors (Lipinski definition) is 3. The number of ketones is 1. The van der Waals surface area contributed by atoms with Gasteiger partial charge < -0.3 is 11.1 Å². The van der Waals surface area contributed by atoms with E-state index in [1.54, 1.807) is 12.1 Å². The molecule has 0 saturated heterocycles. The van der Waals surface area contributed by atoms with Crippen LogP contribution in [0.5, 0.6) is 0 Å². The fraction of sp³-hybridized carbons (Fsp3) is 0.133. The minimum Gasteiger partial charge on any atom is -0.397 e. The van der Waals surface area contributed by atoms with Crippen LogP contribution in [-0.2, 0) is 0 Å². The molecular weight excluding hydrogens is 224 g/mol. The number of nitrogens with one attached hydrogen (secondary N) is 1. The number of anilines is 3. The first-order valence-electron chi connectivity index (χ1n) is 5.80. The average Bonchev–Trinajstić information content (AvgIpc) is 2.31. The van der Waals surface area contributed by atoms with Crippen LogP contribution in [0.4, 0.5) is 17.1 Å². The highest BCUT2D eigenvalue weighted by molar-refractivity contribution is 5.96. The van der Waals surface area contributed by atoms with Gasteiger partial charge in [0.05, 0.1) is 11.4 Å². The van der Waals surface area contributed by atoms with Crippen LogP contribution in [0.2, 0.25) is 0 Å². The second-order valence-corrected chi connectivity index (χ2v) is 4.35. The van der Waals surface area contributed by atoms with Gasteiger partial charge in [-0.2, -0.15) is 0 Å². The third-order valence-electron chi connectivity index (χ3n) is 2.76. The zero-order valence-corrected chi connectivity index (χ0v) is 10.5. The standard InChI is InChI=1S/C15H16N2O/c1-10-4-3-5-13(8-10)17-15-7-6-12(11(2)18)9-14(15)16/h3-9,17H,16H2,1-2H3. The van der Waals surface area contributed by atoms with E-state index in [1.807, 2.05) is 37.3 Å². The van der Waals surface area contributed by atoms with E-state index < -0.39 is 0 Å². The summed E-state index contributed by atoms with van der Waals surface area (Å²) in [7, 11) is 0. The molecule has 0 radical (unpaired) electrons. The lowest BCUT2D eigenvalue weighted by atomic mass is 10.1. The number of hydrogen-bond donors (Lipinski definition) is 2. The molecule has 0 aliphatic heterocycles. The molecular formula is C15H16N2O. The monoisotopic (exact) mass is 240 g/mol. The molecule has 0 saturated carbocycles. The number of carbonyl (C=O) groups excluding carboxylic acids is 1. The maximum Gasteiger partial charge on any atom is 0.159 e. The zero-order valence-electron chi connectivity index (χ0n) is 10.5. The minimum absolute atomic E-state index is 0.0174. The molecule has 18 heavy (non-hydrogen) atoms. The van der Waals surface area contributed by atoms with Crippen molar-refractivity contribution in [3.8, 4) is 0 Å². The molecule has 0 aliphatic rings. The number of benzene rings is 2. The SMILES string of the molecule is CC(=O)c1ccc(Nc2cccc(C)c2)c(N)c1. The van der Waals surface area contributed by atoms with Gasteiger partial charge in [-0.1, -0.05) is 12.1 Å². The number of nitrogen functional groups attached to an aromatic ring is 1. The molecule has 0 aromatic heterocycles. The van der Waals surface area contributed by atoms with Gasteiger partial charge in [0.15, 0.2) is 5.78 Å². The largest absolute Gasteiger partial charge is 0.397 e. The van der Waals surface area contributed by atoms with E-state index >= 15 is 0 Å². The quantitative estimate of drug-likeness (QED) is 0.637. The van der Waals surface area contributed by atoms with Gasteiger partial charge >= 0.3 is 0 Å². The van der Waals surface area contributed by atoms with Crippen molar-refractivity contribution in [1.29, 1.82) is 0 Å². The minimum atomic E-state index is 0.0174. The van der Waals surface area contributed by atoms with Gasteiger partial charge in [0.25, 0.3) is 0 Å². The van der Waals surface area contributed by atoms with Crippen LogP contribution in [-0.4, -0.2) is 5.78 Å². The maximum atomic E-state index is 11.2. The molecule has 0 bridgehead atoms. The van der Waals surface area contributed by atoms with E-state index in [0.717, 1.165) is 11.4 Å². The van der Waals surface area contributed by atoms with Gasteiger partial charge in [0.1, 0.15) is 0 Å². The Hall–Kier alpha value is -2.29. The number of nitrogens with two attached hydrogens (primary N) is 1. The first kappa shape index (κ1) is 12.2. The summed E-state index contributed by atoms with van der Waals surface area (Å²) < 4.78 is 0. The van der Waals surface area contributed by atoms with Crippen molar-refractivity contribution in [2.24, 2.45) is 0 Å². The number of carbonyl (C=O) groups is 1. The number of Topliss-reactive ketones (excluding diaryl/α,β-unsaturated/α-hetero) is 1. The molecule has 92 valence electrons. The van der Waals surface area contributed by atoms with Gasteiger partial charge in [0, 0.05) is 11.3 Å². The predicted molar refractivity (Wildman–Crippen MR) is 75.3 cm³/mol. The van der Waals surface area contributed by atoms with Gasteiger partial charge in [0.2, 0.25) is 0 Å². The molecule has 0 fully saturated rings. The summed E-state index contributed by atoms with van der Waals surface area (Å²) in [4.78, 5) is 11.2. The van der Waals surface area contributed by atoms with Gasteiger partial charge in [-0.25, -0.2) is 0 Å². The van der Waals surface area contributed by atoms with Gasteiger partial charge in [-0.15, -0.1) is 0 Å². The average molecular weight is 240 g/mol. The molecule has 0 aliphatic carbocycles. The summed E-state index contributed by atoms with van der Waals surface area (Å²) in [5.74, 6) is 0.0174. The van der Waals surface area contributed by atoms with Gasteiger partial charge in [-0.05, 0) is 49.7 Å². The van der Waals surface area contributed by atoms with Crippen molar-refractivity contribution >= 4 is 22.8 Å². The molecule has 3 N–H and O–H groups in total. The fourth-order valence-corrected chi connectivity index (χ4v) is 1.77. The lowest BCUT2D eigenvalue weighted by Gasteiger charge is -2.10. The third kappa shape index (κ3) is 2.69. The van der Waals surface area contributed by atoms with E-state index in [4.69, 9.17) is 5.73 Å². The number of rotatable bonds is 3. The molecule has 2 rings (SSSR count). The Morgan fingerprint density at radius 2 is 1.94 bits per heavy atom. The summed E-state index contributed by atoms with van der Waals surface area (Å²) >= 11 is 0. The first-order chi connectivity index (χ1) is 8.56. The molecule has 2 aromatic rings. The van der Waals surface area contributed by atoms with Crippen LogP contribution >= 0.6 is 0 Å². The van der Waals surface area contributed by atoms with Crippen molar-refractivity contribution in [3.63, 3.8) is 0 Å². The summed E-state index contributed by atoms with van der Waals surface area (Å²) in [5.41, 5.74) is 10.1. The van der Waals surface area contributed by atoms with Crippen LogP contribution in [0.25, 0.3) is 0 Å². The van der Waals surface area contributed by atoms with Crippen molar-refractivity contribution < 1.29 is 4.79 Å². The Labute approximate surface area is 107 Å². The lowest BCUT2D eigenvalue weighted by Crippen LogP contribution is -1.99. The zero-order chi connectivity index (χ0) is 13.1. The summed E-state index contributed by atoms with van der Waals surface area (Å²) in [5, 5.41) is 3.24. The summed E-state index contributed by atoms with van der Waals surface area (Å²) in [6, 6.07) is 13.3. The Morgan fingerprint density at radius 1 is 1.17 bits per heavy atom. The molecule has 0 heterocycles. The predicted octanol–water partition coefficient (Wildman–Crippen LogP) is 3.52. The maximum absolute atomic E-state index is 11.2.